The Balaban J connectivity index is 3.00. The summed E-state index contributed by atoms with van der Waals surface area (Å²) in [5.41, 5.74) is 1.71. The molecule has 1 rings (SSSR count). The summed E-state index contributed by atoms with van der Waals surface area (Å²) in [7, 11) is 0. The molecule has 0 spiro atoms. The number of nitrogens with zero attached hydrogens (tertiary/aromatic N) is 1. The van der Waals surface area contributed by atoms with E-state index >= 15 is 0 Å². The largest absolute Gasteiger partial charge is 0.390 e. The van der Waals surface area contributed by atoms with Gasteiger partial charge in [0.05, 0.1) is 22.5 Å². The Hall–Kier alpha value is -0.350. The lowest BCUT2D eigenvalue weighted by Gasteiger charge is -1.98. The smallest absolute Gasteiger partial charge is 0.0858 e. The SMILES string of the molecule is CC(C)c1n[nH]c(CO)c1Br. The van der Waals surface area contributed by atoms with E-state index in [4.69, 9.17) is 5.11 Å². The first-order valence-electron chi connectivity index (χ1n) is 3.50. The van der Waals surface area contributed by atoms with Gasteiger partial charge in [0.25, 0.3) is 0 Å². The first-order chi connectivity index (χ1) is 5.16. The predicted octanol–water partition coefficient (Wildman–Crippen LogP) is 1.79. The average molecular weight is 219 g/mol. The number of halogens is 1. The van der Waals surface area contributed by atoms with E-state index < -0.39 is 0 Å². The molecule has 4 heteroatoms. The van der Waals surface area contributed by atoms with Crippen LogP contribution in [-0.4, -0.2) is 15.3 Å². The summed E-state index contributed by atoms with van der Waals surface area (Å²) in [5, 5.41) is 15.6. The molecule has 0 saturated heterocycles. The molecule has 1 aromatic heterocycles. The van der Waals surface area contributed by atoms with Crippen LogP contribution in [0.4, 0.5) is 0 Å². The monoisotopic (exact) mass is 218 g/mol. The number of rotatable bonds is 2. The molecule has 11 heavy (non-hydrogen) atoms. The normalized spacial score (nSPS) is 11.0. The van der Waals surface area contributed by atoms with Crippen LogP contribution in [0.3, 0.4) is 0 Å². The van der Waals surface area contributed by atoms with Crippen LogP contribution >= 0.6 is 15.9 Å². The van der Waals surface area contributed by atoms with E-state index in [0.29, 0.717) is 5.92 Å². The van der Waals surface area contributed by atoms with Crippen molar-refractivity contribution in [3.63, 3.8) is 0 Å². The van der Waals surface area contributed by atoms with Crippen molar-refractivity contribution in [1.82, 2.24) is 10.2 Å². The molecule has 0 atom stereocenters. The van der Waals surface area contributed by atoms with Crippen molar-refractivity contribution in [2.75, 3.05) is 0 Å². The van der Waals surface area contributed by atoms with E-state index in [1.165, 1.54) is 0 Å². The van der Waals surface area contributed by atoms with Crippen LogP contribution in [0.1, 0.15) is 31.2 Å². The molecule has 0 amide bonds. The highest BCUT2D eigenvalue weighted by molar-refractivity contribution is 9.10. The zero-order valence-electron chi connectivity index (χ0n) is 6.56. The molecule has 0 aliphatic carbocycles. The third kappa shape index (κ3) is 1.62. The molecule has 1 heterocycles. The molecule has 0 aliphatic heterocycles. The Bertz CT molecular complexity index is 245. The maximum atomic E-state index is 8.81. The molecule has 62 valence electrons. The number of H-pyrrole nitrogens is 1. The van der Waals surface area contributed by atoms with Crippen LogP contribution in [-0.2, 0) is 6.61 Å². The maximum absolute atomic E-state index is 8.81. The van der Waals surface area contributed by atoms with Crippen molar-refractivity contribution in [2.24, 2.45) is 0 Å². The summed E-state index contributed by atoms with van der Waals surface area (Å²) in [6.45, 7) is 4.12. The molecule has 0 aromatic carbocycles. The van der Waals surface area contributed by atoms with Crippen LogP contribution in [0.5, 0.6) is 0 Å². The molecule has 0 radical (unpaired) electrons. The second-order valence-corrected chi connectivity index (χ2v) is 3.51. The van der Waals surface area contributed by atoms with Crippen LogP contribution < -0.4 is 0 Å². The van der Waals surface area contributed by atoms with Gasteiger partial charge in [0.2, 0.25) is 0 Å². The Morgan fingerprint density at radius 1 is 1.64 bits per heavy atom. The van der Waals surface area contributed by atoms with E-state index in [9.17, 15) is 0 Å². The third-order valence-electron chi connectivity index (χ3n) is 1.51. The fourth-order valence-electron chi connectivity index (χ4n) is 0.868. The molecule has 1 aromatic rings. The predicted molar refractivity (Wildman–Crippen MR) is 46.3 cm³/mol. The van der Waals surface area contributed by atoms with Crippen molar-refractivity contribution in [3.8, 4) is 0 Å². The first-order valence-corrected chi connectivity index (χ1v) is 4.29. The lowest BCUT2D eigenvalue weighted by molar-refractivity contribution is 0.276. The summed E-state index contributed by atoms with van der Waals surface area (Å²) >= 11 is 3.36. The summed E-state index contributed by atoms with van der Waals surface area (Å²) in [4.78, 5) is 0. The lowest BCUT2D eigenvalue weighted by Crippen LogP contribution is -1.87. The van der Waals surface area contributed by atoms with Crippen LogP contribution in [0.15, 0.2) is 4.47 Å². The Morgan fingerprint density at radius 2 is 2.27 bits per heavy atom. The molecule has 0 bridgehead atoms. The molecule has 0 aliphatic rings. The number of hydrogen-bond donors (Lipinski definition) is 2. The van der Waals surface area contributed by atoms with Crippen LogP contribution in [0.2, 0.25) is 0 Å². The minimum atomic E-state index is 0.000301. The standard InChI is InChI=1S/C7H11BrN2O/c1-4(2)7-6(8)5(3-11)9-10-7/h4,11H,3H2,1-2H3,(H,9,10). The van der Waals surface area contributed by atoms with Gasteiger partial charge in [-0.3, -0.25) is 5.10 Å². The van der Waals surface area contributed by atoms with Crippen molar-refractivity contribution < 1.29 is 5.11 Å². The fourth-order valence-corrected chi connectivity index (χ4v) is 1.63. The average Bonchev–Trinajstić information content (AvgIpc) is 2.30. The first kappa shape index (κ1) is 8.74. The van der Waals surface area contributed by atoms with Gasteiger partial charge in [0, 0.05) is 0 Å². The van der Waals surface area contributed by atoms with Crippen molar-refractivity contribution in [3.05, 3.63) is 15.9 Å². The number of aliphatic hydroxyl groups excluding tert-OH is 1. The van der Waals surface area contributed by atoms with Gasteiger partial charge in [-0.05, 0) is 21.8 Å². The van der Waals surface area contributed by atoms with Gasteiger partial charge in [0.1, 0.15) is 0 Å². The van der Waals surface area contributed by atoms with Crippen molar-refractivity contribution in [2.45, 2.75) is 26.4 Å². The van der Waals surface area contributed by atoms with Gasteiger partial charge in [-0.25, -0.2) is 0 Å². The summed E-state index contributed by atoms with van der Waals surface area (Å²) < 4.78 is 0.898. The second-order valence-electron chi connectivity index (χ2n) is 2.71. The van der Waals surface area contributed by atoms with Gasteiger partial charge < -0.3 is 5.11 Å². The zero-order valence-corrected chi connectivity index (χ0v) is 8.14. The maximum Gasteiger partial charge on any atom is 0.0858 e. The molecule has 3 nitrogen and oxygen atoms in total. The molecule has 0 fully saturated rings. The van der Waals surface area contributed by atoms with E-state index in [0.717, 1.165) is 15.9 Å². The van der Waals surface area contributed by atoms with Gasteiger partial charge in [-0.1, -0.05) is 13.8 Å². The van der Waals surface area contributed by atoms with Crippen LogP contribution in [0, 0.1) is 0 Å². The summed E-state index contributed by atoms with van der Waals surface area (Å²) in [6.07, 6.45) is 0. The quantitative estimate of drug-likeness (QED) is 0.796. The van der Waals surface area contributed by atoms with Gasteiger partial charge in [-0.2, -0.15) is 5.10 Å². The minimum absolute atomic E-state index is 0.000301. The van der Waals surface area contributed by atoms with E-state index in [1.54, 1.807) is 0 Å². The van der Waals surface area contributed by atoms with E-state index in [2.05, 4.69) is 40.0 Å². The molecular weight excluding hydrogens is 208 g/mol. The molecule has 0 unspecified atom stereocenters. The highest BCUT2D eigenvalue weighted by Gasteiger charge is 2.11. The van der Waals surface area contributed by atoms with Gasteiger partial charge in [-0.15, -0.1) is 0 Å². The molecule has 0 saturated carbocycles. The second kappa shape index (κ2) is 3.36. The Labute approximate surface area is 74.0 Å². The van der Waals surface area contributed by atoms with Crippen molar-refractivity contribution in [1.29, 1.82) is 0 Å². The third-order valence-corrected chi connectivity index (χ3v) is 2.39. The lowest BCUT2D eigenvalue weighted by atomic mass is 10.1. The number of aromatic amines is 1. The topological polar surface area (TPSA) is 48.9 Å². The van der Waals surface area contributed by atoms with Crippen molar-refractivity contribution >= 4 is 15.9 Å². The number of aromatic nitrogens is 2. The highest BCUT2D eigenvalue weighted by Crippen LogP contribution is 2.25. The number of nitrogens with one attached hydrogen (secondary N) is 1. The van der Waals surface area contributed by atoms with E-state index in [-0.39, 0.29) is 6.61 Å². The highest BCUT2D eigenvalue weighted by atomic mass is 79.9. The fraction of sp³-hybridized carbons (Fsp3) is 0.571. The number of aliphatic hydroxyl groups is 1. The number of hydrogen-bond acceptors (Lipinski definition) is 2. The minimum Gasteiger partial charge on any atom is -0.390 e. The Kier molecular flexibility index (Phi) is 2.67. The Morgan fingerprint density at radius 3 is 2.55 bits per heavy atom. The van der Waals surface area contributed by atoms with Crippen LogP contribution in [0.25, 0.3) is 0 Å². The summed E-state index contributed by atoms with van der Waals surface area (Å²) in [6, 6.07) is 0. The molecule has 2 N–H and O–H groups in total. The molecular formula is C7H11BrN2O. The zero-order chi connectivity index (χ0) is 8.43. The van der Waals surface area contributed by atoms with E-state index in [1.807, 2.05) is 0 Å². The summed E-state index contributed by atoms with van der Waals surface area (Å²) in [5.74, 6) is 0.376. The van der Waals surface area contributed by atoms with Gasteiger partial charge >= 0.3 is 0 Å². The van der Waals surface area contributed by atoms with Gasteiger partial charge in [0.15, 0.2) is 0 Å².